The lowest BCUT2D eigenvalue weighted by Gasteiger charge is -2.25. The largest absolute Gasteiger partial charge is 0.337 e. The number of hydrogen-bond donors (Lipinski definition) is 2. The molecule has 1 aromatic rings. The van der Waals surface area contributed by atoms with E-state index in [0.29, 0.717) is 19.5 Å². The third-order valence-corrected chi connectivity index (χ3v) is 5.82. The highest BCUT2D eigenvalue weighted by atomic mass is 32.2. The molecule has 0 spiro atoms. The lowest BCUT2D eigenvalue weighted by molar-refractivity contribution is -0.127. The third kappa shape index (κ3) is 3.91. The zero-order chi connectivity index (χ0) is 17.2. The number of rotatable bonds is 7. The molecule has 130 valence electrons. The van der Waals surface area contributed by atoms with E-state index >= 15 is 0 Å². The van der Waals surface area contributed by atoms with Crippen molar-refractivity contribution in [1.82, 2.24) is 24.7 Å². The van der Waals surface area contributed by atoms with Crippen molar-refractivity contribution in [3.05, 3.63) is 17.5 Å². The van der Waals surface area contributed by atoms with Gasteiger partial charge in [0.25, 0.3) is 0 Å². The Morgan fingerprint density at radius 2 is 2.04 bits per heavy atom. The maximum atomic E-state index is 12.1. The number of carbonyl (C=O) groups is 1. The molecule has 2 atom stereocenters. The Hall–Kier alpha value is -1.45. The molecule has 1 amide bonds. The number of carbonyl (C=O) groups excluding carboxylic acids is 1. The molecule has 2 rings (SSSR count). The summed E-state index contributed by atoms with van der Waals surface area (Å²) < 4.78 is 27.2. The van der Waals surface area contributed by atoms with Crippen molar-refractivity contribution in [1.29, 1.82) is 0 Å². The molecule has 2 heterocycles. The highest BCUT2D eigenvalue weighted by Crippen LogP contribution is 2.33. The van der Waals surface area contributed by atoms with Crippen LogP contribution in [0.5, 0.6) is 0 Å². The summed E-state index contributed by atoms with van der Waals surface area (Å²) in [4.78, 5) is 13.8. The molecule has 1 fully saturated rings. The second kappa shape index (κ2) is 6.98. The van der Waals surface area contributed by atoms with Crippen molar-refractivity contribution in [2.75, 3.05) is 25.9 Å². The molecule has 0 bridgehead atoms. The van der Waals surface area contributed by atoms with Crippen LogP contribution in [0.2, 0.25) is 0 Å². The topological polar surface area (TPSA) is 96.3 Å². The standard InChI is InChI=1S/C14H25N5O3S/c1-5-23(21,22)17-7-6-15-12-8-13(20)18(3)14(12)11-9-16-19(4)10(11)2/h9,12,14-15,17H,5-8H2,1-4H3/t12-,14+/m1/s1. The molecule has 0 saturated carbocycles. The van der Waals surface area contributed by atoms with Crippen LogP contribution in [-0.2, 0) is 21.9 Å². The van der Waals surface area contributed by atoms with E-state index in [1.165, 1.54) is 0 Å². The smallest absolute Gasteiger partial charge is 0.224 e. The first-order valence-electron chi connectivity index (χ1n) is 7.71. The molecule has 0 radical (unpaired) electrons. The van der Waals surface area contributed by atoms with Gasteiger partial charge in [0, 0.05) is 50.9 Å². The van der Waals surface area contributed by atoms with E-state index < -0.39 is 10.0 Å². The fourth-order valence-electron chi connectivity index (χ4n) is 2.85. The van der Waals surface area contributed by atoms with Crippen LogP contribution >= 0.6 is 0 Å². The molecule has 1 aliphatic rings. The van der Waals surface area contributed by atoms with E-state index in [9.17, 15) is 13.2 Å². The molecule has 0 unspecified atom stereocenters. The molecule has 2 N–H and O–H groups in total. The van der Waals surface area contributed by atoms with E-state index in [2.05, 4.69) is 15.1 Å². The Bertz CT molecular complexity index is 670. The summed E-state index contributed by atoms with van der Waals surface area (Å²) in [6.45, 7) is 4.36. The molecule has 1 aliphatic heterocycles. The number of hydrogen-bond acceptors (Lipinski definition) is 5. The maximum Gasteiger partial charge on any atom is 0.224 e. The van der Waals surface area contributed by atoms with Gasteiger partial charge in [-0.1, -0.05) is 0 Å². The molecule has 8 nitrogen and oxygen atoms in total. The number of aryl methyl sites for hydroxylation is 1. The molecular formula is C14H25N5O3S. The highest BCUT2D eigenvalue weighted by Gasteiger charge is 2.39. The minimum Gasteiger partial charge on any atom is -0.337 e. The summed E-state index contributed by atoms with van der Waals surface area (Å²) >= 11 is 0. The van der Waals surface area contributed by atoms with Crippen molar-refractivity contribution in [3.63, 3.8) is 0 Å². The van der Waals surface area contributed by atoms with Crippen LogP contribution in [0, 0.1) is 6.92 Å². The Morgan fingerprint density at radius 3 is 2.61 bits per heavy atom. The van der Waals surface area contributed by atoms with E-state index in [1.54, 1.807) is 29.7 Å². The number of aromatic nitrogens is 2. The number of amides is 1. The second-order valence-electron chi connectivity index (χ2n) is 5.82. The van der Waals surface area contributed by atoms with E-state index in [1.807, 2.05) is 14.0 Å². The summed E-state index contributed by atoms with van der Waals surface area (Å²) in [6.07, 6.45) is 2.19. The fourth-order valence-corrected chi connectivity index (χ4v) is 3.47. The highest BCUT2D eigenvalue weighted by molar-refractivity contribution is 7.89. The molecule has 1 saturated heterocycles. The van der Waals surface area contributed by atoms with Gasteiger partial charge < -0.3 is 10.2 Å². The number of likely N-dealkylation sites (tertiary alicyclic amines) is 1. The van der Waals surface area contributed by atoms with E-state index in [4.69, 9.17) is 0 Å². The van der Waals surface area contributed by atoms with Crippen LogP contribution in [-0.4, -0.2) is 60.9 Å². The monoisotopic (exact) mass is 343 g/mol. The van der Waals surface area contributed by atoms with Crippen LogP contribution in [0.3, 0.4) is 0 Å². The van der Waals surface area contributed by atoms with Gasteiger partial charge in [0.15, 0.2) is 0 Å². The van der Waals surface area contributed by atoms with Gasteiger partial charge in [-0.05, 0) is 13.8 Å². The lowest BCUT2D eigenvalue weighted by Crippen LogP contribution is -2.40. The molecule has 0 aromatic carbocycles. The first-order valence-corrected chi connectivity index (χ1v) is 9.37. The minimum absolute atomic E-state index is 0.0541. The quantitative estimate of drug-likeness (QED) is 0.653. The minimum atomic E-state index is -3.19. The fraction of sp³-hybridized carbons (Fsp3) is 0.714. The van der Waals surface area contributed by atoms with E-state index in [-0.39, 0.29) is 23.7 Å². The van der Waals surface area contributed by atoms with Gasteiger partial charge in [-0.15, -0.1) is 0 Å². The van der Waals surface area contributed by atoms with Crippen molar-refractivity contribution in [3.8, 4) is 0 Å². The molecule has 9 heteroatoms. The Balaban J connectivity index is 2.02. The van der Waals surface area contributed by atoms with E-state index in [0.717, 1.165) is 11.3 Å². The summed E-state index contributed by atoms with van der Waals surface area (Å²) in [6, 6.07) is -0.138. The summed E-state index contributed by atoms with van der Waals surface area (Å²) in [7, 11) is 0.479. The van der Waals surface area contributed by atoms with Gasteiger partial charge >= 0.3 is 0 Å². The average molecular weight is 343 g/mol. The zero-order valence-electron chi connectivity index (χ0n) is 14.0. The number of nitrogens with one attached hydrogen (secondary N) is 2. The predicted octanol–water partition coefficient (Wildman–Crippen LogP) is -0.471. The Kier molecular flexibility index (Phi) is 5.43. The van der Waals surface area contributed by atoms with Crippen LogP contribution in [0.4, 0.5) is 0 Å². The molecule has 23 heavy (non-hydrogen) atoms. The Labute approximate surface area is 137 Å². The van der Waals surface area contributed by atoms with Crippen LogP contribution < -0.4 is 10.0 Å². The van der Waals surface area contributed by atoms with Crippen LogP contribution in [0.15, 0.2) is 6.20 Å². The summed E-state index contributed by atoms with van der Waals surface area (Å²) in [5.41, 5.74) is 2.04. The van der Waals surface area contributed by atoms with Crippen molar-refractivity contribution in [2.24, 2.45) is 7.05 Å². The average Bonchev–Trinajstić information content (AvgIpc) is 2.97. The van der Waals surface area contributed by atoms with Crippen LogP contribution in [0.25, 0.3) is 0 Å². The second-order valence-corrected chi connectivity index (χ2v) is 7.92. The number of nitrogens with zero attached hydrogens (tertiary/aromatic N) is 3. The Morgan fingerprint density at radius 1 is 1.35 bits per heavy atom. The van der Waals surface area contributed by atoms with Gasteiger partial charge in [-0.25, -0.2) is 13.1 Å². The van der Waals surface area contributed by atoms with Crippen LogP contribution in [0.1, 0.15) is 30.6 Å². The number of likely N-dealkylation sites (N-methyl/N-ethyl adjacent to an activating group) is 1. The molecule has 0 aliphatic carbocycles. The first kappa shape index (κ1) is 17.9. The SMILES string of the molecule is CCS(=O)(=O)NCCN[C@@H]1CC(=O)N(C)[C@H]1c1cnn(C)c1C. The van der Waals surface area contributed by atoms with Crippen molar-refractivity contribution >= 4 is 15.9 Å². The van der Waals surface area contributed by atoms with Gasteiger partial charge in [-0.2, -0.15) is 5.10 Å². The summed E-state index contributed by atoms with van der Waals surface area (Å²) in [5.74, 6) is 0.139. The molecule has 1 aromatic heterocycles. The zero-order valence-corrected chi connectivity index (χ0v) is 14.9. The van der Waals surface area contributed by atoms with Gasteiger partial charge in [0.05, 0.1) is 18.0 Å². The van der Waals surface area contributed by atoms with Gasteiger partial charge in [-0.3, -0.25) is 9.48 Å². The normalized spacial score (nSPS) is 22.1. The third-order valence-electron chi connectivity index (χ3n) is 4.41. The summed E-state index contributed by atoms with van der Waals surface area (Å²) in [5, 5.41) is 7.55. The lowest BCUT2D eigenvalue weighted by atomic mass is 10.0. The number of sulfonamides is 1. The van der Waals surface area contributed by atoms with Crippen molar-refractivity contribution in [2.45, 2.75) is 32.4 Å². The predicted molar refractivity (Wildman–Crippen MR) is 87.3 cm³/mol. The molecular weight excluding hydrogens is 318 g/mol. The van der Waals surface area contributed by atoms with Crippen molar-refractivity contribution < 1.29 is 13.2 Å². The van der Waals surface area contributed by atoms with Gasteiger partial charge in [0.1, 0.15) is 0 Å². The first-order chi connectivity index (χ1) is 10.8. The van der Waals surface area contributed by atoms with Gasteiger partial charge in [0.2, 0.25) is 15.9 Å². The maximum absolute atomic E-state index is 12.1.